The van der Waals surface area contributed by atoms with Crippen molar-refractivity contribution in [2.45, 2.75) is 11.5 Å². The molecule has 0 saturated heterocycles. The minimum atomic E-state index is -3.30. The lowest BCUT2D eigenvalue weighted by Crippen LogP contribution is -2.08. The van der Waals surface area contributed by atoms with Crippen LogP contribution in [-0.2, 0) is 21.3 Å². The topological polar surface area (TPSA) is 51.4 Å². The highest BCUT2D eigenvalue weighted by atomic mass is 32.2. The number of fused-ring (bicyclic) bond motifs is 2. The Bertz CT molecular complexity index is 1090. The van der Waals surface area contributed by atoms with Crippen molar-refractivity contribution in [1.82, 2.24) is 9.38 Å². The van der Waals surface area contributed by atoms with Crippen molar-refractivity contribution in [2.24, 2.45) is 0 Å². The Labute approximate surface area is 140 Å². The summed E-state index contributed by atoms with van der Waals surface area (Å²) in [6.45, 7) is 0. The molecule has 0 saturated carbocycles. The number of nitrogens with zero attached hydrogens (tertiary/aromatic N) is 2. The zero-order valence-electron chi connectivity index (χ0n) is 13.0. The van der Waals surface area contributed by atoms with Crippen LogP contribution in [0.2, 0.25) is 0 Å². The molecule has 0 aliphatic rings. The highest BCUT2D eigenvalue weighted by molar-refractivity contribution is 7.89. The monoisotopic (exact) mass is 336 g/mol. The molecule has 2 aromatic heterocycles. The Morgan fingerprint density at radius 2 is 1.67 bits per heavy atom. The van der Waals surface area contributed by atoms with Crippen molar-refractivity contribution in [2.75, 3.05) is 0 Å². The van der Waals surface area contributed by atoms with E-state index in [0.29, 0.717) is 5.69 Å². The summed E-state index contributed by atoms with van der Waals surface area (Å²) in [6.07, 6.45) is 3.64. The van der Waals surface area contributed by atoms with Gasteiger partial charge in [-0.05, 0) is 28.5 Å². The average Bonchev–Trinajstić information content (AvgIpc) is 2.96. The Balaban J connectivity index is 1.65. The van der Waals surface area contributed by atoms with Crippen LogP contribution >= 0.6 is 0 Å². The molecule has 0 fully saturated rings. The molecular weight excluding hydrogens is 320 g/mol. The van der Waals surface area contributed by atoms with Gasteiger partial charge in [0.05, 0.1) is 17.2 Å². The van der Waals surface area contributed by atoms with E-state index in [4.69, 9.17) is 0 Å². The SMILES string of the molecule is O=S(=O)(Cc1cn2ccccc2n1)Cc1cccc2ccccc12. The number of aromatic nitrogens is 2. The molecule has 0 aliphatic carbocycles. The fourth-order valence-corrected chi connectivity index (χ4v) is 4.41. The van der Waals surface area contributed by atoms with E-state index in [1.807, 2.05) is 71.3 Å². The number of sulfone groups is 1. The van der Waals surface area contributed by atoms with E-state index in [1.165, 1.54) is 0 Å². The van der Waals surface area contributed by atoms with Gasteiger partial charge in [0.15, 0.2) is 9.84 Å². The number of pyridine rings is 1. The molecule has 4 aromatic rings. The summed E-state index contributed by atoms with van der Waals surface area (Å²) in [7, 11) is -3.30. The first-order valence-corrected chi connectivity index (χ1v) is 9.53. The summed E-state index contributed by atoms with van der Waals surface area (Å²) >= 11 is 0. The largest absolute Gasteiger partial charge is 0.307 e. The highest BCUT2D eigenvalue weighted by Crippen LogP contribution is 2.22. The van der Waals surface area contributed by atoms with Gasteiger partial charge >= 0.3 is 0 Å². The third kappa shape index (κ3) is 2.90. The second-order valence-corrected chi connectivity index (χ2v) is 7.93. The Morgan fingerprint density at radius 1 is 0.875 bits per heavy atom. The Kier molecular flexibility index (Phi) is 3.58. The van der Waals surface area contributed by atoms with Crippen molar-refractivity contribution >= 4 is 26.3 Å². The van der Waals surface area contributed by atoms with Gasteiger partial charge < -0.3 is 4.40 Å². The highest BCUT2D eigenvalue weighted by Gasteiger charge is 2.17. The van der Waals surface area contributed by atoms with Crippen LogP contribution in [0.5, 0.6) is 0 Å². The van der Waals surface area contributed by atoms with Gasteiger partial charge in [-0.15, -0.1) is 0 Å². The van der Waals surface area contributed by atoms with Crippen LogP contribution in [0, 0.1) is 0 Å². The minimum Gasteiger partial charge on any atom is -0.307 e. The summed E-state index contributed by atoms with van der Waals surface area (Å²) in [4.78, 5) is 4.39. The summed E-state index contributed by atoms with van der Waals surface area (Å²) in [5.74, 6) is -0.0415. The van der Waals surface area contributed by atoms with Crippen LogP contribution in [0.15, 0.2) is 73.1 Å². The maximum absolute atomic E-state index is 12.6. The smallest absolute Gasteiger partial charge is 0.160 e. The molecule has 0 N–H and O–H groups in total. The average molecular weight is 336 g/mol. The second kappa shape index (κ2) is 5.76. The summed E-state index contributed by atoms with van der Waals surface area (Å²) in [5.41, 5.74) is 2.16. The van der Waals surface area contributed by atoms with E-state index in [9.17, 15) is 8.42 Å². The van der Waals surface area contributed by atoms with E-state index in [2.05, 4.69) is 4.98 Å². The fraction of sp³-hybridized carbons (Fsp3) is 0.105. The number of hydrogen-bond acceptors (Lipinski definition) is 3. The number of hydrogen-bond donors (Lipinski definition) is 0. The zero-order valence-corrected chi connectivity index (χ0v) is 13.8. The first kappa shape index (κ1) is 14.9. The third-order valence-corrected chi connectivity index (χ3v) is 5.52. The minimum absolute atomic E-state index is 0.0161. The van der Waals surface area contributed by atoms with Gasteiger partial charge in [-0.1, -0.05) is 48.5 Å². The fourth-order valence-electron chi connectivity index (χ4n) is 2.99. The molecular formula is C19H16N2O2S. The molecule has 0 atom stereocenters. The Hall–Kier alpha value is -2.66. The van der Waals surface area contributed by atoms with Crippen molar-refractivity contribution in [3.05, 3.63) is 84.3 Å². The van der Waals surface area contributed by atoms with E-state index in [-0.39, 0.29) is 11.5 Å². The normalized spacial score (nSPS) is 12.0. The predicted molar refractivity (Wildman–Crippen MR) is 95.5 cm³/mol. The molecule has 5 heteroatoms. The zero-order chi connectivity index (χ0) is 16.6. The number of rotatable bonds is 4. The number of benzene rings is 2. The maximum Gasteiger partial charge on any atom is 0.160 e. The first-order chi connectivity index (χ1) is 11.6. The standard InChI is InChI=1S/C19H16N2O2S/c22-24(23,14-17-12-21-11-4-3-10-19(21)20-17)13-16-8-5-7-15-6-1-2-9-18(15)16/h1-12H,13-14H2. The quantitative estimate of drug-likeness (QED) is 0.572. The van der Waals surface area contributed by atoms with Gasteiger partial charge in [0, 0.05) is 12.4 Å². The van der Waals surface area contributed by atoms with Gasteiger partial charge in [0.2, 0.25) is 0 Å². The van der Waals surface area contributed by atoms with Crippen LogP contribution in [0.4, 0.5) is 0 Å². The third-order valence-electron chi connectivity index (χ3n) is 4.04. The molecule has 0 amide bonds. The van der Waals surface area contributed by atoms with Crippen molar-refractivity contribution in [3.8, 4) is 0 Å². The van der Waals surface area contributed by atoms with Crippen molar-refractivity contribution < 1.29 is 8.42 Å². The number of imidazole rings is 1. The summed E-state index contributed by atoms with van der Waals surface area (Å²) < 4.78 is 27.1. The van der Waals surface area contributed by atoms with Gasteiger partial charge in [-0.2, -0.15) is 0 Å². The van der Waals surface area contributed by atoms with E-state index in [1.54, 1.807) is 6.20 Å². The van der Waals surface area contributed by atoms with Crippen molar-refractivity contribution in [1.29, 1.82) is 0 Å². The van der Waals surface area contributed by atoms with Crippen molar-refractivity contribution in [3.63, 3.8) is 0 Å². The van der Waals surface area contributed by atoms with Gasteiger partial charge in [-0.25, -0.2) is 13.4 Å². The van der Waals surface area contributed by atoms with E-state index < -0.39 is 9.84 Å². The molecule has 2 heterocycles. The van der Waals surface area contributed by atoms with Crippen LogP contribution in [0.3, 0.4) is 0 Å². The maximum atomic E-state index is 12.6. The molecule has 120 valence electrons. The molecule has 4 rings (SSSR count). The first-order valence-electron chi connectivity index (χ1n) is 7.70. The van der Waals surface area contributed by atoms with Crippen LogP contribution in [-0.4, -0.2) is 17.8 Å². The second-order valence-electron chi connectivity index (χ2n) is 5.87. The molecule has 0 radical (unpaired) electrons. The molecule has 0 spiro atoms. The molecule has 0 bridgehead atoms. The van der Waals surface area contributed by atoms with Gasteiger partial charge in [-0.3, -0.25) is 0 Å². The summed E-state index contributed by atoms with van der Waals surface area (Å²) in [5, 5.41) is 2.04. The molecule has 0 aliphatic heterocycles. The lowest BCUT2D eigenvalue weighted by molar-refractivity contribution is 0.594. The van der Waals surface area contributed by atoms with Gasteiger partial charge in [0.25, 0.3) is 0 Å². The van der Waals surface area contributed by atoms with Crippen LogP contribution in [0.1, 0.15) is 11.3 Å². The molecule has 24 heavy (non-hydrogen) atoms. The molecule has 0 unspecified atom stereocenters. The van der Waals surface area contributed by atoms with E-state index in [0.717, 1.165) is 22.0 Å². The molecule has 4 nitrogen and oxygen atoms in total. The van der Waals surface area contributed by atoms with Crippen LogP contribution < -0.4 is 0 Å². The van der Waals surface area contributed by atoms with Crippen LogP contribution in [0.25, 0.3) is 16.4 Å². The molecule has 2 aromatic carbocycles. The van der Waals surface area contributed by atoms with E-state index >= 15 is 0 Å². The lowest BCUT2D eigenvalue weighted by atomic mass is 10.1. The lowest BCUT2D eigenvalue weighted by Gasteiger charge is -2.07. The summed E-state index contributed by atoms with van der Waals surface area (Å²) in [6, 6.07) is 19.3. The predicted octanol–water partition coefficient (Wildman–Crippen LogP) is 3.60. The Morgan fingerprint density at radius 3 is 2.54 bits per heavy atom. The van der Waals surface area contributed by atoms with Gasteiger partial charge in [0.1, 0.15) is 5.65 Å².